The van der Waals surface area contributed by atoms with E-state index in [1.807, 2.05) is 31.2 Å². The second-order valence-corrected chi connectivity index (χ2v) is 8.09. The van der Waals surface area contributed by atoms with Crippen molar-refractivity contribution in [3.63, 3.8) is 0 Å². The Morgan fingerprint density at radius 1 is 1.19 bits per heavy atom. The van der Waals surface area contributed by atoms with Crippen LogP contribution < -0.4 is 5.32 Å². The zero-order valence-corrected chi connectivity index (χ0v) is 21.2. The summed E-state index contributed by atoms with van der Waals surface area (Å²) in [6.45, 7) is 5.24. The fourth-order valence-corrected chi connectivity index (χ4v) is 3.97. The molecule has 4 rings (SSSR count). The molecule has 2 aliphatic rings. The Labute approximate surface area is 207 Å². The van der Waals surface area contributed by atoms with Crippen LogP contribution in [-0.2, 0) is 34.4 Å². The van der Waals surface area contributed by atoms with E-state index in [4.69, 9.17) is 14.2 Å². The maximum atomic E-state index is 6.01. The number of benzene rings is 1. The third-order valence-electron chi connectivity index (χ3n) is 5.80. The van der Waals surface area contributed by atoms with Crippen LogP contribution in [0.4, 0.5) is 0 Å². The first-order chi connectivity index (χ1) is 15.2. The molecule has 1 N–H and O–H groups in total. The van der Waals surface area contributed by atoms with Crippen molar-refractivity contribution < 1.29 is 14.2 Å². The number of halogens is 1. The molecule has 8 nitrogen and oxygen atoms in total. The lowest BCUT2D eigenvalue weighted by atomic mass is 10.1. The van der Waals surface area contributed by atoms with E-state index in [9.17, 15) is 0 Å². The fraction of sp³-hybridized carbons (Fsp3) is 0.565. The van der Waals surface area contributed by atoms with Crippen LogP contribution in [-0.4, -0.2) is 66.7 Å². The maximum absolute atomic E-state index is 6.01. The molecule has 176 valence electrons. The SMILES string of the molecule is CN=C(NCc1ccc(COC2CCOCC2)cc1)N1CCOC(c2cnn(C)c2)C1.I. The molecule has 2 aromatic rings. The van der Waals surface area contributed by atoms with Gasteiger partial charge in [-0.3, -0.25) is 9.67 Å². The lowest BCUT2D eigenvalue weighted by Crippen LogP contribution is -2.47. The summed E-state index contributed by atoms with van der Waals surface area (Å²) in [5.41, 5.74) is 3.52. The van der Waals surface area contributed by atoms with Crippen molar-refractivity contribution in [1.82, 2.24) is 20.0 Å². The average Bonchev–Trinajstić information content (AvgIpc) is 3.26. The molecular formula is C23H34IN5O3. The topological polar surface area (TPSA) is 73.1 Å². The third kappa shape index (κ3) is 6.90. The molecule has 2 aliphatic heterocycles. The second-order valence-electron chi connectivity index (χ2n) is 8.09. The highest BCUT2D eigenvalue weighted by molar-refractivity contribution is 14.0. The molecule has 2 fully saturated rings. The second kappa shape index (κ2) is 12.5. The Bertz CT molecular complexity index is 852. The number of nitrogens with one attached hydrogen (secondary N) is 1. The lowest BCUT2D eigenvalue weighted by Gasteiger charge is -2.34. The van der Waals surface area contributed by atoms with Crippen molar-refractivity contribution >= 4 is 29.9 Å². The Kier molecular flexibility index (Phi) is 9.76. The van der Waals surface area contributed by atoms with Crippen LogP contribution in [0.1, 0.15) is 35.6 Å². The highest BCUT2D eigenvalue weighted by Crippen LogP contribution is 2.21. The summed E-state index contributed by atoms with van der Waals surface area (Å²) in [6, 6.07) is 8.60. The van der Waals surface area contributed by atoms with Crippen LogP contribution in [0, 0.1) is 0 Å². The number of hydrogen-bond donors (Lipinski definition) is 1. The molecule has 2 saturated heterocycles. The molecule has 1 atom stereocenters. The van der Waals surface area contributed by atoms with Crippen LogP contribution in [0.5, 0.6) is 0 Å². The lowest BCUT2D eigenvalue weighted by molar-refractivity contribution is -0.0390. The van der Waals surface area contributed by atoms with Crippen molar-refractivity contribution in [1.29, 1.82) is 0 Å². The van der Waals surface area contributed by atoms with Gasteiger partial charge in [-0.2, -0.15) is 5.10 Å². The minimum Gasteiger partial charge on any atom is -0.381 e. The molecule has 0 amide bonds. The molecule has 3 heterocycles. The van der Waals surface area contributed by atoms with E-state index in [0.29, 0.717) is 19.3 Å². The van der Waals surface area contributed by atoms with Gasteiger partial charge in [0.05, 0.1) is 32.1 Å². The molecule has 0 aliphatic carbocycles. The van der Waals surface area contributed by atoms with Gasteiger partial charge >= 0.3 is 0 Å². The number of aliphatic imine (C=N–C) groups is 1. The van der Waals surface area contributed by atoms with E-state index < -0.39 is 0 Å². The van der Waals surface area contributed by atoms with E-state index in [-0.39, 0.29) is 30.1 Å². The summed E-state index contributed by atoms with van der Waals surface area (Å²) in [5.74, 6) is 0.893. The molecule has 1 aromatic carbocycles. The fourth-order valence-electron chi connectivity index (χ4n) is 3.97. The van der Waals surface area contributed by atoms with Crippen molar-refractivity contribution in [2.45, 2.75) is 38.2 Å². The minimum absolute atomic E-state index is 0. The molecule has 9 heteroatoms. The highest BCUT2D eigenvalue weighted by Gasteiger charge is 2.25. The van der Waals surface area contributed by atoms with Gasteiger partial charge in [0.25, 0.3) is 0 Å². The van der Waals surface area contributed by atoms with Gasteiger partial charge in [-0.15, -0.1) is 24.0 Å². The number of ether oxygens (including phenoxy) is 3. The Balaban J connectivity index is 0.00000289. The van der Waals surface area contributed by atoms with Crippen molar-refractivity contribution in [2.24, 2.45) is 12.0 Å². The Hall–Kier alpha value is -1.69. The zero-order valence-electron chi connectivity index (χ0n) is 18.9. The molecule has 1 unspecified atom stereocenters. The van der Waals surface area contributed by atoms with Gasteiger partial charge in [-0.05, 0) is 24.0 Å². The molecule has 0 spiro atoms. The smallest absolute Gasteiger partial charge is 0.194 e. The summed E-state index contributed by atoms with van der Waals surface area (Å²) in [7, 11) is 3.75. The average molecular weight is 555 g/mol. The first-order valence-corrected chi connectivity index (χ1v) is 11.0. The van der Waals surface area contributed by atoms with Crippen LogP contribution in [0.3, 0.4) is 0 Å². The van der Waals surface area contributed by atoms with E-state index >= 15 is 0 Å². The number of rotatable bonds is 6. The van der Waals surface area contributed by atoms with Crippen molar-refractivity contribution in [2.75, 3.05) is 40.0 Å². The predicted molar refractivity (Wildman–Crippen MR) is 134 cm³/mol. The number of aromatic nitrogens is 2. The van der Waals surface area contributed by atoms with E-state index in [1.165, 1.54) is 11.1 Å². The molecule has 1 aromatic heterocycles. The van der Waals surface area contributed by atoms with Gasteiger partial charge < -0.3 is 24.4 Å². The van der Waals surface area contributed by atoms with Gasteiger partial charge in [0.1, 0.15) is 6.10 Å². The quantitative estimate of drug-likeness (QED) is 0.336. The standard InChI is InChI=1S/C23H33N5O3.HI/c1-24-23(28-9-12-30-22(16-28)20-14-26-27(2)15-20)25-13-18-3-5-19(6-4-18)17-31-21-7-10-29-11-8-21;/h3-6,14-15,21-22H,7-13,16-17H2,1-2H3,(H,24,25);1H. The molecular weight excluding hydrogens is 521 g/mol. The number of hydrogen-bond acceptors (Lipinski definition) is 5. The summed E-state index contributed by atoms with van der Waals surface area (Å²) in [4.78, 5) is 6.73. The summed E-state index contributed by atoms with van der Waals surface area (Å²) in [6.07, 6.45) is 6.20. The number of morpholine rings is 1. The Morgan fingerprint density at radius 2 is 1.94 bits per heavy atom. The first-order valence-electron chi connectivity index (χ1n) is 11.0. The highest BCUT2D eigenvalue weighted by atomic mass is 127. The third-order valence-corrected chi connectivity index (χ3v) is 5.80. The van der Waals surface area contributed by atoms with E-state index in [0.717, 1.165) is 57.2 Å². The van der Waals surface area contributed by atoms with E-state index in [1.54, 1.807) is 0 Å². The Morgan fingerprint density at radius 3 is 2.62 bits per heavy atom. The van der Waals surface area contributed by atoms with Gasteiger partial charge in [0.15, 0.2) is 5.96 Å². The molecule has 0 saturated carbocycles. The monoisotopic (exact) mass is 555 g/mol. The van der Waals surface area contributed by atoms with Crippen LogP contribution in [0.2, 0.25) is 0 Å². The number of aryl methyl sites for hydroxylation is 1. The van der Waals surface area contributed by atoms with E-state index in [2.05, 4.69) is 44.6 Å². The van der Waals surface area contributed by atoms with Gasteiger partial charge in [-0.25, -0.2) is 0 Å². The zero-order chi connectivity index (χ0) is 21.5. The van der Waals surface area contributed by atoms with Crippen LogP contribution >= 0.6 is 24.0 Å². The minimum atomic E-state index is 0. The van der Waals surface area contributed by atoms with Gasteiger partial charge in [-0.1, -0.05) is 24.3 Å². The van der Waals surface area contributed by atoms with Crippen LogP contribution in [0.15, 0.2) is 41.7 Å². The summed E-state index contributed by atoms with van der Waals surface area (Å²) >= 11 is 0. The number of guanidine groups is 1. The molecule has 0 radical (unpaired) electrons. The van der Waals surface area contributed by atoms with Gasteiger partial charge in [0, 0.05) is 52.2 Å². The van der Waals surface area contributed by atoms with Crippen molar-refractivity contribution in [3.8, 4) is 0 Å². The predicted octanol–water partition coefficient (Wildman–Crippen LogP) is 2.88. The normalized spacial score (nSPS) is 20.1. The van der Waals surface area contributed by atoms with Crippen LogP contribution in [0.25, 0.3) is 0 Å². The molecule has 32 heavy (non-hydrogen) atoms. The largest absolute Gasteiger partial charge is 0.381 e. The molecule has 0 bridgehead atoms. The first kappa shape index (κ1) is 24.9. The van der Waals surface area contributed by atoms with Crippen molar-refractivity contribution in [3.05, 3.63) is 53.3 Å². The maximum Gasteiger partial charge on any atom is 0.194 e. The summed E-state index contributed by atoms with van der Waals surface area (Å²) in [5, 5.41) is 7.75. The summed E-state index contributed by atoms with van der Waals surface area (Å²) < 4.78 is 19.2. The van der Waals surface area contributed by atoms with Gasteiger partial charge in [0.2, 0.25) is 0 Å². The number of nitrogens with zero attached hydrogens (tertiary/aromatic N) is 4.